The molecule has 1 N–H and O–H groups in total. The molecule has 0 aliphatic carbocycles. The Morgan fingerprint density at radius 3 is 3.05 bits per heavy atom. The summed E-state index contributed by atoms with van der Waals surface area (Å²) < 4.78 is 7.03. The van der Waals surface area contributed by atoms with Crippen LogP contribution in [0.2, 0.25) is 0 Å². The number of hydrogen-bond acceptors (Lipinski definition) is 5. The lowest BCUT2D eigenvalue weighted by Crippen LogP contribution is -2.40. The second-order valence-corrected chi connectivity index (χ2v) is 6.71. The van der Waals surface area contributed by atoms with Gasteiger partial charge < -0.3 is 14.6 Å². The summed E-state index contributed by atoms with van der Waals surface area (Å²) in [5.74, 6) is -0.162. The van der Waals surface area contributed by atoms with Crippen LogP contribution in [0.15, 0.2) is 11.1 Å². The van der Waals surface area contributed by atoms with Gasteiger partial charge in [-0.05, 0) is 32.3 Å². The lowest BCUT2D eigenvalue weighted by Gasteiger charge is -2.19. The van der Waals surface area contributed by atoms with E-state index in [0.717, 1.165) is 19.4 Å². The minimum absolute atomic E-state index is 0.0459. The molecule has 0 aromatic carbocycles. The third kappa shape index (κ3) is 2.55. The Hall–Kier alpha value is -1.73. The van der Waals surface area contributed by atoms with Gasteiger partial charge in [-0.3, -0.25) is 9.59 Å². The number of ether oxygens (including phenoxy) is 1. The van der Waals surface area contributed by atoms with Gasteiger partial charge in [-0.2, -0.15) is 0 Å². The normalized spacial score (nSPS) is 19.5. The SMILES string of the molecule is Cc1c(C(=O)N[C@@H](C)[C@H]2CCCO2)sc2ncn(C)c(=O)c12. The number of carbonyl (C=O) groups excluding carboxylic acids is 1. The smallest absolute Gasteiger partial charge is 0.262 e. The first kappa shape index (κ1) is 15.2. The minimum Gasteiger partial charge on any atom is -0.376 e. The monoisotopic (exact) mass is 321 g/mol. The van der Waals surface area contributed by atoms with Crippen LogP contribution in [0.3, 0.4) is 0 Å². The minimum atomic E-state index is -0.162. The largest absolute Gasteiger partial charge is 0.376 e. The molecule has 118 valence electrons. The molecule has 1 fully saturated rings. The number of thiophene rings is 1. The Labute approximate surface area is 132 Å². The van der Waals surface area contributed by atoms with Crippen LogP contribution < -0.4 is 10.9 Å². The van der Waals surface area contributed by atoms with Crippen molar-refractivity contribution < 1.29 is 9.53 Å². The van der Waals surface area contributed by atoms with Crippen molar-refractivity contribution >= 4 is 27.5 Å². The Balaban J connectivity index is 1.89. The van der Waals surface area contributed by atoms with Crippen LogP contribution in [-0.2, 0) is 11.8 Å². The first-order valence-corrected chi connectivity index (χ1v) is 8.18. The summed E-state index contributed by atoms with van der Waals surface area (Å²) in [5.41, 5.74) is 0.579. The fourth-order valence-electron chi connectivity index (χ4n) is 2.79. The van der Waals surface area contributed by atoms with E-state index in [1.54, 1.807) is 14.0 Å². The molecule has 1 aliphatic rings. The third-order valence-corrected chi connectivity index (χ3v) is 5.30. The number of amides is 1. The molecule has 1 aliphatic heterocycles. The number of fused-ring (bicyclic) bond motifs is 1. The maximum absolute atomic E-state index is 12.5. The van der Waals surface area contributed by atoms with Crippen LogP contribution in [0.25, 0.3) is 10.2 Å². The standard InChI is InChI=1S/C15H19N3O3S/c1-8-11-14(16-7-18(3)15(11)20)22-12(8)13(19)17-9(2)10-5-4-6-21-10/h7,9-10H,4-6H2,1-3H3,(H,17,19)/t9-,10+/m0/s1. The fraction of sp³-hybridized carbons (Fsp3) is 0.533. The van der Waals surface area contributed by atoms with Crippen molar-refractivity contribution in [3.05, 3.63) is 27.1 Å². The van der Waals surface area contributed by atoms with Gasteiger partial charge in [-0.1, -0.05) is 0 Å². The Morgan fingerprint density at radius 2 is 2.36 bits per heavy atom. The third-order valence-electron chi connectivity index (χ3n) is 4.10. The highest BCUT2D eigenvalue weighted by Gasteiger charge is 2.26. The van der Waals surface area contributed by atoms with Crippen molar-refractivity contribution in [3.63, 3.8) is 0 Å². The number of aromatic nitrogens is 2. The highest BCUT2D eigenvalue weighted by Crippen LogP contribution is 2.27. The van der Waals surface area contributed by atoms with Gasteiger partial charge in [0.1, 0.15) is 4.83 Å². The number of carbonyl (C=O) groups is 1. The van der Waals surface area contributed by atoms with Crippen LogP contribution in [0.1, 0.15) is 35.0 Å². The van der Waals surface area contributed by atoms with E-state index < -0.39 is 0 Å². The van der Waals surface area contributed by atoms with E-state index in [1.807, 2.05) is 6.92 Å². The molecule has 2 aromatic heterocycles. The lowest BCUT2D eigenvalue weighted by molar-refractivity contribution is 0.0714. The number of aryl methyl sites for hydroxylation is 2. The molecule has 0 radical (unpaired) electrons. The molecular formula is C15H19N3O3S. The summed E-state index contributed by atoms with van der Waals surface area (Å²) in [6.45, 7) is 4.51. The average Bonchev–Trinajstić information content (AvgIpc) is 3.11. The molecule has 2 aromatic rings. The summed E-state index contributed by atoms with van der Waals surface area (Å²) >= 11 is 1.26. The van der Waals surface area contributed by atoms with Gasteiger partial charge >= 0.3 is 0 Å². The molecule has 6 nitrogen and oxygen atoms in total. The van der Waals surface area contributed by atoms with Crippen LogP contribution in [0, 0.1) is 6.92 Å². The Bertz CT molecular complexity index is 774. The molecule has 0 saturated carbocycles. The first-order chi connectivity index (χ1) is 10.5. The van der Waals surface area contributed by atoms with E-state index in [1.165, 1.54) is 22.2 Å². The van der Waals surface area contributed by atoms with E-state index in [-0.39, 0.29) is 23.6 Å². The van der Waals surface area contributed by atoms with E-state index in [4.69, 9.17) is 4.74 Å². The highest BCUT2D eigenvalue weighted by molar-refractivity contribution is 7.20. The van der Waals surface area contributed by atoms with Gasteiger partial charge in [0.05, 0.1) is 28.7 Å². The molecule has 7 heteroatoms. The van der Waals surface area contributed by atoms with Crippen molar-refractivity contribution in [2.45, 2.75) is 38.8 Å². The number of nitrogens with one attached hydrogen (secondary N) is 1. The summed E-state index contributed by atoms with van der Waals surface area (Å²) in [6, 6.07) is -0.0459. The molecule has 2 atom stereocenters. The van der Waals surface area contributed by atoms with E-state index in [9.17, 15) is 9.59 Å². The molecule has 0 unspecified atom stereocenters. The van der Waals surface area contributed by atoms with Crippen molar-refractivity contribution in [2.24, 2.45) is 7.05 Å². The second-order valence-electron chi connectivity index (χ2n) is 5.71. The molecule has 3 rings (SSSR count). The molecule has 3 heterocycles. The Morgan fingerprint density at radius 1 is 1.59 bits per heavy atom. The van der Waals surface area contributed by atoms with Crippen LogP contribution in [0.5, 0.6) is 0 Å². The topological polar surface area (TPSA) is 73.2 Å². The van der Waals surface area contributed by atoms with Gasteiger partial charge in [0.15, 0.2) is 0 Å². The van der Waals surface area contributed by atoms with Gasteiger partial charge in [0.2, 0.25) is 0 Å². The zero-order valence-corrected chi connectivity index (χ0v) is 13.7. The van der Waals surface area contributed by atoms with E-state index in [0.29, 0.717) is 20.7 Å². The highest BCUT2D eigenvalue weighted by atomic mass is 32.1. The summed E-state index contributed by atoms with van der Waals surface area (Å²) in [5, 5.41) is 3.52. The van der Waals surface area contributed by atoms with Gasteiger partial charge in [0, 0.05) is 13.7 Å². The van der Waals surface area contributed by atoms with E-state index >= 15 is 0 Å². The van der Waals surface area contributed by atoms with Crippen molar-refractivity contribution in [1.82, 2.24) is 14.9 Å². The fourth-order valence-corrected chi connectivity index (χ4v) is 3.83. The maximum Gasteiger partial charge on any atom is 0.262 e. The molecule has 0 bridgehead atoms. The summed E-state index contributed by atoms with van der Waals surface area (Å²) in [7, 11) is 1.66. The summed E-state index contributed by atoms with van der Waals surface area (Å²) in [4.78, 5) is 30.1. The summed E-state index contributed by atoms with van der Waals surface area (Å²) in [6.07, 6.45) is 3.56. The quantitative estimate of drug-likeness (QED) is 0.932. The first-order valence-electron chi connectivity index (χ1n) is 7.36. The van der Waals surface area contributed by atoms with Crippen molar-refractivity contribution in [2.75, 3.05) is 6.61 Å². The van der Waals surface area contributed by atoms with Gasteiger partial charge in [0.25, 0.3) is 11.5 Å². The molecule has 22 heavy (non-hydrogen) atoms. The number of hydrogen-bond donors (Lipinski definition) is 1. The maximum atomic E-state index is 12.5. The molecule has 0 spiro atoms. The predicted molar refractivity (Wildman–Crippen MR) is 85.5 cm³/mol. The van der Waals surface area contributed by atoms with Crippen LogP contribution in [0.4, 0.5) is 0 Å². The van der Waals surface area contributed by atoms with Crippen molar-refractivity contribution in [1.29, 1.82) is 0 Å². The van der Waals surface area contributed by atoms with Crippen LogP contribution in [-0.4, -0.2) is 34.2 Å². The van der Waals surface area contributed by atoms with E-state index in [2.05, 4.69) is 10.3 Å². The molecule has 1 saturated heterocycles. The lowest BCUT2D eigenvalue weighted by atomic mass is 10.1. The van der Waals surface area contributed by atoms with Gasteiger partial charge in [-0.25, -0.2) is 4.98 Å². The van der Waals surface area contributed by atoms with Gasteiger partial charge in [-0.15, -0.1) is 11.3 Å². The zero-order chi connectivity index (χ0) is 15.9. The second kappa shape index (κ2) is 5.81. The molecular weight excluding hydrogens is 302 g/mol. The Kier molecular flexibility index (Phi) is 4.01. The van der Waals surface area contributed by atoms with Crippen LogP contribution >= 0.6 is 11.3 Å². The average molecular weight is 321 g/mol. The molecule has 1 amide bonds. The van der Waals surface area contributed by atoms with Crippen molar-refractivity contribution in [3.8, 4) is 0 Å². The number of nitrogens with zero attached hydrogens (tertiary/aromatic N) is 2. The predicted octanol–water partition coefficient (Wildman–Crippen LogP) is 1.60. The number of rotatable bonds is 3. The zero-order valence-electron chi connectivity index (χ0n) is 12.9.